The van der Waals surface area contributed by atoms with E-state index in [9.17, 15) is 4.79 Å². The number of aromatic nitrogens is 2. The number of nitrogens with one attached hydrogen (secondary N) is 2. The summed E-state index contributed by atoms with van der Waals surface area (Å²) in [5.74, 6) is 1.23. The van der Waals surface area contributed by atoms with Gasteiger partial charge in [0, 0.05) is 50.0 Å². The lowest BCUT2D eigenvalue weighted by Crippen LogP contribution is -2.60. The van der Waals surface area contributed by atoms with Gasteiger partial charge in [0.1, 0.15) is 5.82 Å². The molecule has 2 aliphatic heterocycles. The highest BCUT2D eigenvalue weighted by Crippen LogP contribution is 2.30. The molecule has 1 amide bonds. The summed E-state index contributed by atoms with van der Waals surface area (Å²) in [6.45, 7) is 6.80. The maximum absolute atomic E-state index is 11.6. The predicted molar refractivity (Wildman–Crippen MR) is 80.8 cm³/mol. The molecule has 1 spiro atoms. The van der Waals surface area contributed by atoms with Crippen molar-refractivity contribution in [2.24, 2.45) is 0 Å². The monoisotopic (exact) mass is 291 g/mol. The number of hydrogen-bond acceptors (Lipinski definition) is 4. The molecule has 6 heteroatoms. The van der Waals surface area contributed by atoms with Crippen LogP contribution in [0, 0.1) is 6.92 Å². The van der Waals surface area contributed by atoms with Gasteiger partial charge in [0.2, 0.25) is 5.91 Å². The first kappa shape index (κ1) is 14.5. The number of carbonyl (C=O) groups excluding carboxylic acids is 1. The number of imidazole rings is 1. The Morgan fingerprint density at radius 1 is 1.38 bits per heavy atom. The van der Waals surface area contributed by atoms with Gasteiger partial charge >= 0.3 is 0 Å². The van der Waals surface area contributed by atoms with Crippen LogP contribution in [0.25, 0.3) is 0 Å². The second-order valence-corrected chi connectivity index (χ2v) is 6.47. The molecule has 3 heterocycles. The minimum Gasteiger partial charge on any atom is -0.356 e. The molecule has 2 aliphatic rings. The van der Waals surface area contributed by atoms with Crippen LogP contribution in [0.2, 0.25) is 0 Å². The summed E-state index contributed by atoms with van der Waals surface area (Å²) in [6, 6.07) is 0. The lowest BCUT2D eigenvalue weighted by Gasteiger charge is -2.49. The van der Waals surface area contributed by atoms with Gasteiger partial charge in [-0.1, -0.05) is 0 Å². The summed E-state index contributed by atoms with van der Waals surface area (Å²) in [5.41, 5.74) is 1.23. The number of piperazine rings is 1. The fraction of sp³-hybridized carbons (Fsp3) is 0.733. The van der Waals surface area contributed by atoms with Gasteiger partial charge in [0.25, 0.3) is 0 Å². The SMILES string of the molecule is Cc1cnc(CN2CCN(C)[C@@]3(CCNC(=O)CC3)C2)[nH]1. The number of nitrogens with zero attached hydrogens (tertiary/aromatic N) is 3. The molecule has 1 aromatic heterocycles. The first-order valence-electron chi connectivity index (χ1n) is 7.78. The van der Waals surface area contributed by atoms with Crippen molar-refractivity contribution in [3.05, 3.63) is 17.7 Å². The van der Waals surface area contributed by atoms with E-state index in [1.54, 1.807) is 0 Å². The number of carbonyl (C=O) groups is 1. The van der Waals surface area contributed by atoms with E-state index in [1.807, 2.05) is 13.1 Å². The van der Waals surface area contributed by atoms with Crippen LogP contribution in [-0.2, 0) is 11.3 Å². The Hall–Kier alpha value is -1.40. The average molecular weight is 291 g/mol. The van der Waals surface area contributed by atoms with E-state index in [0.29, 0.717) is 6.42 Å². The number of H-pyrrole nitrogens is 1. The first-order valence-corrected chi connectivity index (χ1v) is 7.78. The highest BCUT2D eigenvalue weighted by atomic mass is 16.1. The third-order valence-electron chi connectivity index (χ3n) is 4.94. The van der Waals surface area contributed by atoms with Crippen LogP contribution < -0.4 is 5.32 Å². The normalized spacial score (nSPS) is 28.6. The highest BCUT2D eigenvalue weighted by molar-refractivity contribution is 5.76. The molecule has 0 aromatic carbocycles. The fourth-order valence-electron chi connectivity index (χ4n) is 3.57. The molecule has 0 bridgehead atoms. The topological polar surface area (TPSA) is 64.3 Å². The number of rotatable bonds is 2. The predicted octanol–water partition coefficient (Wildman–Crippen LogP) is 0.504. The van der Waals surface area contributed by atoms with Crippen molar-refractivity contribution in [1.82, 2.24) is 25.1 Å². The van der Waals surface area contributed by atoms with Crippen LogP contribution in [0.3, 0.4) is 0 Å². The third-order valence-corrected chi connectivity index (χ3v) is 4.94. The Labute approximate surface area is 125 Å². The summed E-state index contributed by atoms with van der Waals surface area (Å²) in [4.78, 5) is 24.3. The van der Waals surface area contributed by atoms with Gasteiger partial charge in [0.05, 0.1) is 6.54 Å². The van der Waals surface area contributed by atoms with Crippen LogP contribution >= 0.6 is 0 Å². The quantitative estimate of drug-likeness (QED) is 0.833. The van der Waals surface area contributed by atoms with Gasteiger partial charge in [0.15, 0.2) is 0 Å². The molecule has 1 aromatic rings. The highest BCUT2D eigenvalue weighted by Gasteiger charge is 2.40. The summed E-state index contributed by atoms with van der Waals surface area (Å²) < 4.78 is 0. The van der Waals surface area contributed by atoms with Crippen molar-refractivity contribution < 1.29 is 4.79 Å². The number of aromatic amines is 1. The molecule has 2 N–H and O–H groups in total. The molecular weight excluding hydrogens is 266 g/mol. The van der Waals surface area contributed by atoms with Crippen LogP contribution in [0.4, 0.5) is 0 Å². The lowest BCUT2D eigenvalue weighted by molar-refractivity contribution is -0.121. The molecule has 21 heavy (non-hydrogen) atoms. The van der Waals surface area contributed by atoms with Gasteiger partial charge < -0.3 is 10.3 Å². The average Bonchev–Trinajstić information content (AvgIpc) is 2.76. The second kappa shape index (κ2) is 5.77. The Morgan fingerprint density at radius 3 is 3.00 bits per heavy atom. The molecule has 0 radical (unpaired) electrons. The number of hydrogen-bond donors (Lipinski definition) is 2. The van der Waals surface area contributed by atoms with E-state index < -0.39 is 0 Å². The number of aryl methyl sites for hydroxylation is 1. The fourth-order valence-corrected chi connectivity index (χ4v) is 3.57. The molecule has 116 valence electrons. The third kappa shape index (κ3) is 3.11. The Balaban J connectivity index is 1.70. The molecule has 2 saturated heterocycles. The van der Waals surface area contributed by atoms with E-state index in [0.717, 1.165) is 57.1 Å². The van der Waals surface area contributed by atoms with E-state index >= 15 is 0 Å². The molecule has 3 rings (SSSR count). The Bertz CT molecular complexity index is 514. The van der Waals surface area contributed by atoms with Crippen molar-refractivity contribution in [1.29, 1.82) is 0 Å². The van der Waals surface area contributed by atoms with Crippen molar-refractivity contribution in [2.45, 2.75) is 38.3 Å². The molecule has 0 unspecified atom stereocenters. The second-order valence-electron chi connectivity index (χ2n) is 6.47. The summed E-state index contributed by atoms with van der Waals surface area (Å²) >= 11 is 0. The first-order chi connectivity index (χ1) is 10.1. The van der Waals surface area contributed by atoms with Crippen molar-refractivity contribution >= 4 is 5.91 Å². The minimum atomic E-state index is 0.124. The molecule has 2 fully saturated rings. The van der Waals surface area contributed by atoms with Gasteiger partial charge in [-0.25, -0.2) is 4.98 Å². The Kier molecular flexibility index (Phi) is 3.99. The molecule has 0 saturated carbocycles. The van der Waals surface area contributed by atoms with Crippen LogP contribution in [0.15, 0.2) is 6.20 Å². The van der Waals surface area contributed by atoms with Gasteiger partial charge in [-0.3, -0.25) is 14.6 Å². The van der Waals surface area contributed by atoms with Crippen LogP contribution in [-0.4, -0.2) is 64.4 Å². The summed E-state index contributed by atoms with van der Waals surface area (Å²) in [5, 5.41) is 3.00. The van der Waals surface area contributed by atoms with E-state index in [-0.39, 0.29) is 11.4 Å². The van der Waals surface area contributed by atoms with Crippen molar-refractivity contribution in [2.75, 3.05) is 33.2 Å². The van der Waals surface area contributed by atoms with E-state index in [2.05, 4.69) is 32.1 Å². The number of amides is 1. The maximum Gasteiger partial charge on any atom is 0.220 e. The molecule has 0 aliphatic carbocycles. The Morgan fingerprint density at radius 2 is 2.24 bits per heavy atom. The number of likely N-dealkylation sites (N-methyl/N-ethyl adjacent to an activating group) is 1. The van der Waals surface area contributed by atoms with Crippen LogP contribution in [0.1, 0.15) is 30.8 Å². The molecule has 1 atom stereocenters. The lowest BCUT2D eigenvalue weighted by atomic mass is 9.86. The van der Waals surface area contributed by atoms with Gasteiger partial charge in [-0.05, 0) is 26.8 Å². The van der Waals surface area contributed by atoms with E-state index in [1.165, 1.54) is 0 Å². The zero-order valence-corrected chi connectivity index (χ0v) is 13.0. The van der Waals surface area contributed by atoms with Crippen LogP contribution in [0.5, 0.6) is 0 Å². The van der Waals surface area contributed by atoms with Gasteiger partial charge in [-0.2, -0.15) is 0 Å². The standard InChI is InChI=1S/C15H25N5O/c1-12-9-17-13(18-12)10-20-8-7-19(2)15(11-20)4-3-14(21)16-6-5-15/h9H,3-8,10-11H2,1-2H3,(H,16,21)(H,17,18)/t15-/m0/s1. The minimum absolute atomic E-state index is 0.124. The van der Waals surface area contributed by atoms with Crippen molar-refractivity contribution in [3.63, 3.8) is 0 Å². The zero-order chi connectivity index (χ0) is 14.9. The maximum atomic E-state index is 11.6. The zero-order valence-electron chi connectivity index (χ0n) is 13.0. The van der Waals surface area contributed by atoms with E-state index in [4.69, 9.17) is 0 Å². The van der Waals surface area contributed by atoms with Gasteiger partial charge in [-0.15, -0.1) is 0 Å². The largest absolute Gasteiger partial charge is 0.356 e. The smallest absolute Gasteiger partial charge is 0.220 e. The summed E-state index contributed by atoms with van der Waals surface area (Å²) in [7, 11) is 2.20. The summed E-state index contributed by atoms with van der Waals surface area (Å²) in [6.07, 6.45) is 4.50. The van der Waals surface area contributed by atoms with Crippen molar-refractivity contribution in [3.8, 4) is 0 Å². The molecular formula is C15H25N5O. The molecule has 6 nitrogen and oxygen atoms in total.